The predicted molar refractivity (Wildman–Crippen MR) is 138 cm³/mol. The second-order valence-electron chi connectivity index (χ2n) is 8.99. The summed E-state index contributed by atoms with van der Waals surface area (Å²) in [5.41, 5.74) is 5.43. The first-order valence-corrected chi connectivity index (χ1v) is 13.7. The SMILES string of the molecule is CCN1CCN(c2ccc3c(C#N)c(-c4ccc(N5CCCS5(=O)=O)cc4)n(CC)c3c2)CC1. The predicted octanol–water partition coefficient (Wildman–Crippen LogP) is 3.88. The van der Waals surface area contributed by atoms with Gasteiger partial charge in [0.25, 0.3) is 0 Å². The molecule has 3 aromatic rings. The van der Waals surface area contributed by atoms with E-state index >= 15 is 0 Å². The molecule has 0 amide bonds. The number of hydrogen-bond donors (Lipinski definition) is 0. The van der Waals surface area contributed by atoms with Gasteiger partial charge in [-0.1, -0.05) is 19.1 Å². The van der Waals surface area contributed by atoms with Crippen LogP contribution in [0, 0.1) is 11.3 Å². The van der Waals surface area contributed by atoms with Crippen LogP contribution >= 0.6 is 0 Å². The van der Waals surface area contributed by atoms with Gasteiger partial charge in [-0.25, -0.2) is 8.42 Å². The van der Waals surface area contributed by atoms with E-state index in [9.17, 15) is 13.7 Å². The second-order valence-corrected chi connectivity index (χ2v) is 11.0. The summed E-state index contributed by atoms with van der Waals surface area (Å²) in [7, 11) is -3.22. The monoisotopic (exact) mass is 477 g/mol. The minimum absolute atomic E-state index is 0.202. The highest BCUT2D eigenvalue weighted by Crippen LogP contribution is 2.37. The van der Waals surface area contributed by atoms with E-state index in [-0.39, 0.29) is 5.75 Å². The lowest BCUT2D eigenvalue weighted by Gasteiger charge is -2.35. The third kappa shape index (κ3) is 3.83. The number of sulfonamides is 1. The summed E-state index contributed by atoms with van der Waals surface area (Å²) in [4.78, 5) is 4.89. The smallest absolute Gasteiger partial charge is 0.235 e. The van der Waals surface area contributed by atoms with Gasteiger partial charge in [0, 0.05) is 50.3 Å². The van der Waals surface area contributed by atoms with Crippen LogP contribution in [-0.4, -0.2) is 62.9 Å². The molecule has 2 aliphatic rings. The minimum atomic E-state index is -3.22. The lowest BCUT2D eigenvalue weighted by molar-refractivity contribution is 0.271. The largest absolute Gasteiger partial charge is 0.369 e. The summed E-state index contributed by atoms with van der Waals surface area (Å²) in [6.07, 6.45) is 0.655. The topological polar surface area (TPSA) is 72.6 Å². The van der Waals surface area contributed by atoms with E-state index in [4.69, 9.17) is 0 Å². The van der Waals surface area contributed by atoms with Gasteiger partial charge in [-0.2, -0.15) is 5.26 Å². The van der Waals surface area contributed by atoms with Crippen molar-refractivity contribution in [1.82, 2.24) is 9.47 Å². The molecule has 3 heterocycles. The van der Waals surface area contributed by atoms with Gasteiger partial charge in [0.15, 0.2) is 0 Å². The number of aryl methyl sites for hydroxylation is 1. The van der Waals surface area contributed by atoms with Gasteiger partial charge in [-0.15, -0.1) is 0 Å². The zero-order valence-corrected chi connectivity index (χ0v) is 20.7. The van der Waals surface area contributed by atoms with Crippen LogP contribution in [-0.2, 0) is 16.6 Å². The lowest BCUT2D eigenvalue weighted by atomic mass is 10.1. The van der Waals surface area contributed by atoms with Crippen LogP contribution in [0.4, 0.5) is 11.4 Å². The van der Waals surface area contributed by atoms with Crippen molar-refractivity contribution in [2.24, 2.45) is 0 Å². The molecule has 34 heavy (non-hydrogen) atoms. The number of anilines is 2. The first-order chi connectivity index (χ1) is 16.5. The van der Waals surface area contributed by atoms with Crippen molar-refractivity contribution in [2.75, 3.05) is 54.2 Å². The summed E-state index contributed by atoms with van der Waals surface area (Å²) in [5.74, 6) is 0.202. The standard InChI is InChI=1S/C26H31N5O2S/c1-3-28-13-15-29(16-14-28)22-10-11-23-24(19-27)26(30(4-2)25(23)18-22)20-6-8-21(9-7-20)31-12-5-17-34(31,32)33/h6-11,18H,3-5,12-17H2,1-2H3. The molecule has 8 heteroatoms. The molecule has 0 radical (unpaired) electrons. The molecule has 5 rings (SSSR count). The Morgan fingerprint density at radius 1 is 0.912 bits per heavy atom. The van der Waals surface area contributed by atoms with E-state index in [0.717, 1.165) is 61.4 Å². The van der Waals surface area contributed by atoms with Crippen molar-refractivity contribution in [2.45, 2.75) is 26.8 Å². The number of rotatable bonds is 5. The summed E-state index contributed by atoms with van der Waals surface area (Å²) in [5, 5.41) is 11.0. The van der Waals surface area contributed by atoms with Crippen LogP contribution in [0.1, 0.15) is 25.8 Å². The molecule has 1 aromatic heterocycles. The lowest BCUT2D eigenvalue weighted by Crippen LogP contribution is -2.46. The van der Waals surface area contributed by atoms with E-state index in [1.807, 2.05) is 24.3 Å². The molecule has 0 bridgehead atoms. The first-order valence-electron chi connectivity index (χ1n) is 12.1. The fourth-order valence-electron chi connectivity index (χ4n) is 5.31. The minimum Gasteiger partial charge on any atom is -0.369 e. The second kappa shape index (κ2) is 8.97. The van der Waals surface area contributed by atoms with Crippen LogP contribution in [0.2, 0.25) is 0 Å². The van der Waals surface area contributed by atoms with Gasteiger partial charge in [0.1, 0.15) is 6.07 Å². The average molecular weight is 478 g/mol. The average Bonchev–Trinajstić information content (AvgIpc) is 3.39. The molecule has 2 fully saturated rings. The first kappa shape index (κ1) is 22.8. The summed E-state index contributed by atoms with van der Waals surface area (Å²) in [6, 6.07) is 16.5. The molecule has 2 saturated heterocycles. The van der Waals surface area contributed by atoms with E-state index in [1.165, 1.54) is 9.99 Å². The van der Waals surface area contributed by atoms with Crippen molar-refractivity contribution in [3.63, 3.8) is 0 Å². The zero-order valence-electron chi connectivity index (χ0n) is 19.9. The van der Waals surface area contributed by atoms with Crippen molar-refractivity contribution in [1.29, 1.82) is 5.26 Å². The van der Waals surface area contributed by atoms with Gasteiger partial charge in [0.05, 0.1) is 28.2 Å². The van der Waals surface area contributed by atoms with Crippen LogP contribution in [0.3, 0.4) is 0 Å². The van der Waals surface area contributed by atoms with Gasteiger partial charge >= 0.3 is 0 Å². The van der Waals surface area contributed by atoms with Crippen LogP contribution < -0.4 is 9.21 Å². The fourth-order valence-corrected chi connectivity index (χ4v) is 6.88. The van der Waals surface area contributed by atoms with Crippen LogP contribution in [0.25, 0.3) is 22.2 Å². The molecule has 0 atom stereocenters. The number of benzene rings is 2. The summed E-state index contributed by atoms with van der Waals surface area (Å²) >= 11 is 0. The number of piperazine rings is 1. The highest BCUT2D eigenvalue weighted by atomic mass is 32.2. The number of hydrogen-bond acceptors (Lipinski definition) is 5. The Labute approximate surface area is 201 Å². The van der Waals surface area contributed by atoms with E-state index in [0.29, 0.717) is 24.2 Å². The Balaban J connectivity index is 1.54. The van der Waals surface area contributed by atoms with E-state index in [1.54, 1.807) is 0 Å². The van der Waals surface area contributed by atoms with E-state index in [2.05, 4.69) is 52.5 Å². The molecule has 178 valence electrons. The maximum absolute atomic E-state index is 12.3. The Bertz CT molecular complexity index is 1350. The van der Waals surface area contributed by atoms with Crippen molar-refractivity contribution in [3.05, 3.63) is 48.0 Å². The van der Waals surface area contributed by atoms with Crippen molar-refractivity contribution < 1.29 is 8.42 Å². The Morgan fingerprint density at radius 3 is 2.21 bits per heavy atom. The quantitative estimate of drug-likeness (QED) is 0.558. The summed E-state index contributed by atoms with van der Waals surface area (Å²) < 4.78 is 28.3. The number of likely N-dealkylation sites (N-methyl/N-ethyl adjacent to an activating group) is 1. The molecule has 0 saturated carbocycles. The van der Waals surface area contributed by atoms with Crippen LogP contribution in [0.5, 0.6) is 0 Å². The number of nitrogens with zero attached hydrogens (tertiary/aromatic N) is 5. The molecule has 7 nitrogen and oxygen atoms in total. The Kier molecular flexibility index (Phi) is 6.00. The highest BCUT2D eigenvalue weighted by Gasteiger charge is 2.28. The fraction of sp³-hybridized carbons (Fsp3) is 0.423. The number of fused-ring (bicyclic) bond motifs is 1. The number of aromatic nitrogens is 1. The van der Waals surface area contributed by atoms with Gasteiger partial charge in [0.2, 0.25) is 10.0 Å². The molecule has 2 aromatic carbocycles. The maximum Gasteiger partial charge on any atom is 0.235 e. The van der Waals surface area contributed by atoms with Crippen LogP contribution in [0.15, 0.2) is 42.5 Å². The third-order valence-corrected chi connectivity index (χ3v) is 9.06. The van der Waals surface area contributed by atoms with Crippen molar-refractivity contribution >= 4 is 32.3 Å². The normalized spacial score (nSPS) is 18.5. The van der Waals surface area contributed by atoms with Gasteiger partial charge in [-0.05, 0) is 55.8 Å². The van der Waals surface area contributed by atoms with Gasteiger partial charge < -0.3 is 14.4 Å². The zero-order chi connectivity index (χ0) is 23.9. The molecular formula is C26H31N5O2S. The molecule has 2 aliphatic heterocycles. The number of nitriles is 1. The van der Waals surface area contributed by atoms with E-state index < -0.39 is 10.0 Å². The molecule has 0 aliphatic carbocycles. The maximum atomic E-state index is 12.3. The molecular weight excluding hydrogens is 446 g/mol. The third-order valence-electron chi connectivity index (χ3n) is 7.19. The highest BCUT2D eigenvalue weighted by molar-refractivity contribution is 7.93. The Morgan fingerprint density at radius 2 is 1.62 bits per heavy atom. The Hall–Kier alpha value is -3.02. The van der Waals surface area contributed by atoms with Gasteiger partial charge in [-0.3, -0.25) is 4.31 Å². The summed E-state index contributed by atoms with van der Waals surface area (Å²) in [6.45, 7) is 10.8. The molecule has 0 spiro atoms. The molecule has 0 unspecified atom stereocenters. The molecule has 0 N–H and O–H groups in total. The van der Waals surface area contributed by atoms with Crippen molar-refractivity contribution in [3.8, 4) is 17.3 Å².